The lowest BCUT2D eigenvalue weighted by molar-refractivity contribution is 0.100. The quantitative estimate of drug-likeness (QED) is 0.761. The maximum atomic E-state index is 13.6. The van der Waals surface area contributed by atoms with Crippen molar-refractivity contribution >= 4 is 5.91 Å². The van der Waals surface area contributed by atoms with Crippen LogP contribution < -0.4 is 5.73 Å². The molecule has 3 N–H and O–H groups in total. The Kier molecular flexibility index (Phi) is 4.00. The van der Waals surface area contributed by atoms with Gasteiger partial charge < -0.3 is 10.8 Å². The average Bonchev–Trinajstić information content (AvgIpc) is 2.54. The summed E-state index contributed by atoms with van der Waals surface area (Å²) in [6, 6.07) is 14.2. The zero-order chi connectivity index (χ0) is 17.3. The summed E-state index contributed by atoms with van der Waals surface area (Å²) < 4.78 is 27.3. The van der Waals surface area contributed by atoms with Crippen LogP contribution in [0.3, 0.4) is 0 Å². The SMILES string of the molecule is NC(=O)c1cccc(-c2ccc(O)cc2)c1-c1cc(F)cc(F)c1. The highest BCUT2D eigenvalue weighted by molar-refractivity contribution is 6.04. The second-order valence-corrected chi connectivity index (χ2v) is 5.30. The molecule has 0 aliphatic carbocycles. The van der Waals surface area contributed by atoms with Gasteiger partial charge in [0.2, 0.25) is 5.91 Å². The topological polar surface area (TPSA) is 63.3 Å². The number of halogens is 2. The second kappa shape index (κ2) is 6.12. The van der Waals surface area contributed by atoms with Gasteiger partial charge in [-0.3, -0.25) is 4.79 Å². The molecule has 0 unspecified atom stereocenters. The molecule has 120 valence electrons. The minimum absolute atomic E-state index is 0.0863. The number of hydrogen-bond donors (Lipinski definition) is 2. The molecular formula is C19H13F2NO2. The molecule has 0 spiro atoms. The fraction of sp³-hybridized carbons (Fsp3) is 0. The van der Waals surface area contributed by atoms with E-state index in [0.29, 0.717) is 16.7 Å². The van der Waals surface area contributed by atoms with Crippen molar-refractivity contribution in [1.29, 1.82) is 0 Å². The van der Waals surface area contributed by atoms with Gasteiger partial charge in [-0.15, -0.1) is 0 Å². The van der Waals surface area contributed by atoms with Crippen molar-refractivity contribution in [2.45, 2.75) is 0 Å². The van der Waals surface area contributed by atoms with E-state index in [2.05, 4.69) is 0 Å². The van der Waals surface area contributed by atoms with Crippen LogP contribution in [0.2, 0.25) is 0 Å². The van der Waals surface area contributed by atoms with Gasteiger partial charge in [-0.1, -0.05) is 24.3 Å². The molecule has 0 radical (unpaired) electrons. The Hall–Kier alpha value is -3.21. The number of hydrogen-bond acceptors (Lipinski definition) is 2. The molecule has 0 atom stereocenters. The van der Waals surface area contributed by atoms with E-state index in [1.54, 1.807) is 24.3 Å². The molecule has 0 saturated heterocycles. The van der Waals surface area contributed by atoms with E-state index in [1.165, 1.54) is 18.2 Å². The lowest BCUT2D eigenvalue weighted by atomic mass is 9.90. The number of phenols is 1. The highest BCUT2D eigenvalue weighted by atomic mass is 19.1. The lowest BCUT2D eigenvalue weighted by Gasteiger charge is -2.14. The third-order valence-electron chi connectivity index (χ3n) is 3.66. The van der Waals surface area contributed by atoms with Gasteiger partial charge in [0, 0.05) is 17.2 Å². The van der Waals surface area contributed by atoms with E-state index in [0.717, 1.165) is 18.2 Å². The third kappa shape index (κ3) is 2.96. The Bertz CT molecular complexity index is 901. The van der Waals surface area contributed by atoms with Gasteiger partial charge in [0.1, 0.15) is 17.4 Å². The van der Waals surface area contributed by atoms with Crippen LogP contribution in [0.1, 0.15) is 10.4 Å². The van der Waals surface area contributed by atoms with Crippen LogP contribution >= 0.6 is 0 Å². The Morgan fingerprint density at radius 3 is 2.08 bits per heavy atom. The van der Waals surface area contributed by atoms with Crippen LogP contribution in [0.5, 0.6) is 5.75 Å². The monoisotopic (exact) mass is 325 g/mol. The molecule has 5 heteroatoms. The molecule has 3 aromatic rings. The molecule has 24 heavy (non-hydrogen) atoms. The zero-order valence-electron chi connectivity index (χ0n) is 12.5. The van der Waals surface area contributed by atoms with Gasteiger partial charge in [-0.2, -0.15) is 0 Å². The minimum atomic E-state index is -0.749. The number of phenolic OH excluding ortho intramolecular Hbond substituents is 1. The highest BCUT2D eigenvalue weighted by Crippen LogP contribution is 2.36. The fourth-order valence-corrected chi connectivity index (χ4v) is 2.65. The normalized spacial score (nSPS) is 10.6. The molecule has 0 bridgehead atoms. The van der Waals surface area contributed by atoms with Crippen LogP contribution in [0.4, 0.5) is 8.78 Å². The van der Waals surface area contributed by atoms with Crippen molar-refractivity contribution in [2.75, 3.05) is 0 Å². The first-order chi connectivity index (χ1) is 11.5. The summed E-state index contributed by atoms with van der Waals surface area (Å²) in [5.41, 5.74) is 7.40. The van der Waals surface area contributed by atoms with Crippen LogP contribution in [-0.4, -0.2) is 11.0 Å². The van der Waals surface area contributed by atoms with E-state index < -0.39 is 17.5 Å². The molecule has 3 aromatic carbocycles. The molecule has 0 fully saturated rings. The molecule has 3 nitrogen and oxygen atoms in total. The number of carbonyl (C=O) groups excluding carboxylic acids is 1. The molecule has 3 rings (SSSR count). The molecule has 0 aliphatic heterocycles. The molecule has 1 amide bonds. The summed E-state index contributed by atoms with van der Waals surface area (Å²) in [4.78, 5) is 11.8. The predicted octanol–water partition coefficient (Wildman–Crippen LogP) is 4.10. The van der Waals surface area contributed by atoms with Crippen molar-refractivity contribution in [2.24, 2.45) is 5.73 Å². The number of benzene rings is 3. The molecule has 0 saturated carbocycles. The Morgan fingerprint density at radius 1 is 0.875 bits per heavy atom. The number of nitrogens with two attached hydrogens (primary N) is 1. The number of rotatable bonds is 3. The van der Waals surface area contributed by atoms with Gasteiger partial charge in [-0.05, 0) is 47.0 Å². The van der Waals surface area contributed by atoms with Gasteiger partial charge in [-0.25, -0.2) is 8.78 Å². The summed E-state index contributed by atoms with van der Waals surface area (Å²) in [5, 5.41) is 9.43. The number of amides is 1. The van der Waals surface area contributed by atoms with Gasteiger partial charge in [0.05, 0.1) is 0 Å². The van der Waals surface area contributed by atoms with Crippen molar-refractivity contribution < 1.29 is 18.7 Å². The Balaban J connectivity index is 2.32. The molecular weight excluding hydrogens is 312 g/mol. The van der Waals surface area contributed by atoms with Crippen LogP contribution in [0.25, 0.3) is 22.3 Å². The van der Waals surface area contributed by atoms with Crippen LogP contribution in [0.15, 0.2) is 60.7 Å². The summed E-state index contributed by atoms with van der Waals surface area (Å²) in [6.45, 7) is 0. The first-order valence-corrected chi connectivity index (χ1v) is 7.14. The third-order valence-corrected chi connectivity index (χ3v) is 3.66. The maximum Gasteiger partial charge on any atom is 0.249 e. The van der Waals surface area contributed by atoms with E-state index in [9.17, 15) is 18.7 Å². The van der Waals surface area contributed by atoms with Crippen molar-refractivity contribution in [1.82, 2.24) is 0 Å². The molecule has 0 heterocycles. The van der Waals surface area contributed by atoms with Gasteiger partial charge in [0.25, 0.3) is 0 Å². The van der Waals surface area contributed by atoms with Crippen molar-refractivity contribution in [3.05, 3.63) is 77.9 Å². The minimum Gasteiger partial charge on any atom is -0.508 e. The molecule has 0 aromatic heterocycles. The van der Waals surface area contributed by atoms with Crippen molar-refractivity contribution in [3.63, 3.8) is 0 Å². The summed E-state index contributed by atoms with van der Waals surface area (Å²) in [6.07, 6.45) is 0. The predicted molar refractivity (Wildman–Crippen MR) is 87.4 cm³/mol. The second-order valence-electron chi connectivity index (χ2n) is 5.30. The van der Waals surface area contributed by atoms with Crippen LogP contribution in [0, 0.1) is 11.6 Å². The Morgan fingerprint density at radius 2 is 1.50 bits per heavy atom. The standard InChI is InChI=1S/C19H13F2NO2/c20-13-8-12(9-14(21)10-13)18-16(2-1-3-17(18)19(22)24)11-4-6-15(23)7-5-11/h1-10,23H,(H2,22,24). The highest BCUT2D eigenvalue weighted by Gasteiger charge is 2.17. The number of aromatic hydroxyl groups is 1. The van der Waals surface area contributed by atoms with Gasteiger partial charge in [0.15, 0.2) is 0 Å². The van der Waals surface area contributed by atoms with E-state index >= 15 is 0 Å². The first-order valence-electron chi connectivity index (χ1n) is 7.14. The summed E-state index contributed by atoms with van der Waals surface area (Å²) >= 11 is 0. The smallest absolute Gasteiger partial charge is 0.249 e. The lowest BCUT2D eigenvalue weighted by Crippen LogP contribution is -2.13. The molecule has 0 aliphatic rings. The van der Waals surface area contributed by atoms with E-state index in [-0.39, 0.29) is 16.9 Å². The summed E-state index contributed by atoms with van der Waals surface area (Å²) in [7, 11) is 0. The van der Waals surface area contributed by atoms with Crippen LogP contribution in [-0.2, 0) is 0 Å². The number of primary amides is 1. The van der Waals surface area contributed by atoms with Crippen molar-refractivity contribution in [3.8, 4) is 28.0 Å². The first kappa shape index (κ1) is 15.7. The average molecular weight is 325 g/mol. The summed E-state index contributed by atoms with van der Waals surface area (Å²) in [5.74, 6) is -2.11. The van der Waals surface area contributed by atoms with E-state index in [4.69, 9.17) is 5.73 Å². The fourth-order valence-electron chi connectivity index (χ4n) is 2.65. The Labute approximate surface area is 137 Å². The largest absolute Gasteiger partial charge is 0.508 e. The van der Waals surface area contributed by atoms with Gasteiger partial charge >= 0.3 is 0 Å². The van der Waals surface area contributed by atoms with E-state index in [1.807, 2.05) is 0 Å². The number of carbonyl (C=O) groups is 1. The zero-order valence-corrected chi connectivity index (χ0v) is 12.5. The maximum absolute atomic E-state index is 13.6.